The van der Waals surface area contributed by atoms with Gasteiger partial charge in [0.05, 0.1) is 60.4 Å². The number of aliphatic carboxylic acids is 1. The monoisotopic (exact) mass is 668 g/mol. The van der Waals surface area contributed by atoms with E-state index in [1.165, 1.54) is 0 Å². The number of carboxylic acids is 1. The van der Waals surface area contributed by atoms with Gasteiger partial charge >= 0.3 is 5.97 Å². The molecule has 0 aromatic rings. The zero-order valence-electron chi connectivity index (χ0n) is 30.6. The lowest BCUT2D eigenvalue weighted by atomic mass is 9.74. The molecule has 10 nitrogen and oxygen atoms in total. The summed E-state index contributed by atoms with van der Waals surface area (Å²) in [4.78, 5) is 11.9. The van der Waals surface area contributed by atoms with Crippen molar-refractivity contribution in [3.63, 3.8) is 0 Å². The molecule has 3 N–H and O–H groups in total. The molecule has 0 aromatic heterocycles. The summed E-state index contributed by atoms with van der Waals surface area (Å²) in [7, 11) is 1.59. The first-order valence-electron chi connectivity index (χ1n) is 18.5. The lowest BCUT2D eigenvalue weighted by Gasteiger charge is -2.49. The third-order valence-corrected chi connectivity index (χ3v) is 13.4. The smallest absolute Gasteiger partial charge is 0.308 e. The Morgan fingerprint density at radius 1 is 0.979 bits per heavy atom. The molecular weight excluding hydrogens is 604 g/mol. The summed E-state index contributed by atoms with van der Waals surface area (Å²) in [5, 5.41) is 30.7. The molecule has 1 spiro atoms. The Bertz CT molecular complexity index is 1110. The van der Waals surface area contributed by atoms with Crippen LogP contribution in [0.2, 0.25) is 0 Å². The topological polar surface area (TPSA) is 133 Å². The summed E-state index contributed by atoms with van der Waals surface area (Å²) in [5.41, 5.74) is -0.986. The van der Waals surface area contributed by atoms with Crippen molar-refractivity contribution in [3.8, 4) is 0 Å². The number of carbonyl (C=O) groups is 1. The fourth-order valence-corrected chi connectivity index (χ4v) is 10.2. The largest absolute Gasteiger partial charge is 0.481 e. The fourth-order valence-electron chi connectivity index (χ4n) is 10.2. The van der Waals surface area contributed by atoms with Crippen molar-refractivity contribution < 1.29 is 48.5 Å². The lowest BCUT2D eigenvalue weighted by Crippen LogP contribution is -2.56. The molecule has 17 atom stereocenters. The summed E-state index contributed by atoms with van der Waals surface area (Å²) in [6, 6.07) is 0. The van der Waals surface area contributed by atoms with Crippen LogP contribution in [0.4, 0.5) is 0 Å². The first kappa shape index (κ1) is 37.4. The van der Waals surface area contributed by atoms with Crippen molar-refractivity contribution >= 4 is 5.97 Å². The number of aliphatic hydroxyl groups is 2. The summed E-state index contributed by atoms with van der Waals surface area (Å²) < 4.78 is 39.9. The van der Waals surface area contributed by atoms with Crippen LogP contribution in [0.15, 0.2) is 0 Å². The number of rotatable bonds is 10. The molecule has 0 bridgehead atoms. The maximum absolute atomic E-state index is 11.9. The molecule has 5 aliphatic rings. The molecule has 5 rings (SSSR count). The van der Waals surface area contributed by atoms with Crippen molar-refractivity contribution in [3.05, 3.63) is 0 Å². The van der Waals surface area contributed by atoms with Crippen molar-refractivity contribution in [1.82, 2.24) is 0 Å². The molecule has 0 aromatic carbocycles. The first-order valence-corrected chi connectivity index (χ1v) is 18.5. The van der Waals surface area contributed by atoms with Crippen LogP contribution in [-0.4, -0.2) is 94.4 Å². The van der Waals surface area contributed by atoms with E-state index in [0.717, 1.165) is 51.4 Å². The van der Waals surface area contributed by atoms with Crippen LogP contribution in [0.5, 0.6) is 0 Å². The van der Waals surface area contributed by atoms with Gasteiger partial charge in [-0.2, -0.15) is 0 Å². The van der Waals surface area contributed by atoms with Crippen LogP contribution in [0, 0.1) is 41.4 Å². The van der Waals surface area contributed by atoms with E-state index in [2.05, 4.69) is 41.5 Å². The number of methoxy groups -OCH3 is 1. The van der Waals surface area contributed by atoms with Crippen molar-refractivity contribution in [2.24, 2.45) is 41.4 Å². The molecule has 0 amide bonds. The van der Waals surface area contributed by atoms with Crippen LogP contribution < -0.4 is 0 Å². The van der Waals surface area contributed by atoms with Gasteiger partial charge in [-0.05, 0) is 76.0 Å². The Morgan fingerprint density at radius 2 is 1.68 bits per heavy atom. The van der Waals surface area contributed by atoms with Crippen LogP contribution in [0.3, 0.4) is 0 Å². The third kappa shape index (κ3) is 6.68. The highest BCUT2D eigenvalue weighted by molar-refractivity contribution is 5.70. The Morgan fingerprint density at radius 3 is 2.30 bits per heavy atom. The van der Waals surface area contributed by atoms with E-state index in [1.54, 1.807) is 14.0 Å². The van der Waals surface area contributed by atoms with Gasteiger partial charge in [-0.15, -0.1) is 0 Å². The number of ether oxygens (including phenoxy) is 6. The highest BCUT2D eigenvalue weighted by Crippen LogP contribution is 2.55. The predicted molar refractivity (Wildman–Crippen MR) is 175 cm³/mol. The molecular formula is C37H64O10. The van der Waals surface area contributed by atoms with E-state index in [0.29, 0.717) is 5.92 Å². The Hall–Kier alpha value is -0.850. The molecule has 0 radical (unpaired) electrons. The van der Waals surface area contributed by atoms with E-state index in [4.69, 9.17) is 28.4 Å². The highest BCUT2D eigenvalue weighted by Gasteiger charge is 2.62. The number of hydrogen-bond donors (Lipinski definition) is 3. The van der Waals surface area contributed by atoms with Gasteiger partial charge < -0.3 is 43.7 Å². The summed E-state index contributed by atoms with van der Waals surface area (Å²) in [5.74, 6) is -3.11. The van der Waals surface area contributed by atoms with Crippen LogP contribution in [-0.2, 0) is 33.2 Å². The summed E-state index contributed by atoms with van der Waals surface area (Å²) in [6.45, 7) is 18.4. The van der Waals surface area contributed by atoms with Crippen molar-refractivity contribution in [2.45, 2.75) is 173 Å². The highest BCUT2D eigenvalue weighted by atomic mass is 16.7. The Labute approximate surface area is 282 Å². The molecule has 0 saturated carbocycles. The summed E-state index contributed by atoms with van der Waals surface area (Å²) in [6.07, 6.45) is 5.11. The lowest BCUT2D eigenvalue weighted by molar-refractivity contribution is -0.331. The van der Waals surface area contributed by atoms with Gasteiger partial charge in [0.1, 0.15) is 0 Å². The first-order chi connectivity index (χ1) is 22.0. The molecule has 47 heavy (non-hydrogen) atoms. The van der Waals surface area contributed by atoms with E-state index in [-0.39, 0.29) is 60.1 Å². The van der Waals surface area contributed by atoms with Gasteiger partial charge in [0.15, 0.2) is 11.6 Å². The molecule has 5 fully saturated rings. The van der Waals surface area contributed by atoms with E-state index in [1.807, 2.05) is 13.8 Å². The van der Waals surface area contributed by atoms with E-state index in [9.17, 15) is 20.1 Å². The van der Waals surface area contributed by atoms with E-state index < -0.39 is 47.4 Å². The normalized spacial score (nSPS) is 50.9. The molecule has 0 aliphatic carbocycles. The standard InChI is InChI=1S/C37H64O10/c1-11-35(32-21(3)17-27(43-32)29-20(2)16-23(5)37(41,19-38)46-29)13-12-28(44-35)34(9)14-15-36(47-34)18-22(4)24(6)31(45-36)25(7)30(42-10)26(8)33(39)40/h20-32,38,41H,11-19H2,1-10H3,(H,39,40)/t20-,21-,22-,23+,24+,25-,26+,27+,28+,29-,30+,31-,32+,34-,35-,36+,37-/m0/s1. The third-order valence-electron chi connectivity index (χ3n) is 13.4. The summed E-state index contributed by atoms with van der Waals surface area (Å²) >= 11 is 0. The molecule has 0 unspecified atom stereocenters. The maximum atomic E-state index is 11.9. The zero-order valence-corrected chi connectivity index (χ0v) is 30.6. The second-order valence-electron chi connectivity index (χ2n) is 16.7. The quantitative estimate of drug-likeness (QED) is 0.272. The predicted octanol–water partition coefficient (Wildman–Crippen LogP) is 5.55. The second kappa shape index (κ2) is 13.7. The van der Waals surface area contributed by atoms with Crippen LogP contribution >= 0.6 is 0 Å². The molecule has 272 valence electrons. The van der Waals surface area contributed by atoms with Gasteiger partial charge in [0.2, 0.25) is 0 Å². The molecule has 5 aliphatic heterocycles. The zero-order chi connectivity index (χ0) is 34.7. The van der Waals surface area contributed by atoms with Crippen LogP contribution in [0.25, 0.3) is 0 Å². The van der Waals surface area contributed by atoms with Gasteiger partial charge in [-0.1, -0.05) is 48.5 Å². The SMILES string of the molecule is CC[C@@]1([C@@H]2O[C@@H]([C@H]3O[C@@](O)(CO)[C@H](C)C[C@@H]3C)C[C@@H]2C)CC[C@H]([C@]2(C)CC[C@]3(C[C@H](C)[C@@H](C)[C@@H]([C@@H](C)[C@@H](OC)[C@@H](C)C(=O)O)O3)O2)O1. The van der Waals surface area contributed by atoms with Crippen molar-refractivity contribution in [1.29, 1.82) is 0 Å². The Kier molecular flexibility index (Phi) is 10.9. The number of hydrogen-bond acceptors (Lipinski definition) is 9. The van der Waals surface area contributed by atoms with Gasteiger partial charge in [-0.25, -0.2) is 0 Å². The minimum Gasteiger partial charge on any atom is -0.481 e. The maximum Gasteiger partial charge on any atom is 0.308 e. The number of aliphatic hydroxyl groups excluding tert-OH is 1. The average molecular weight is 669 g/mol. The minimum absolute atomic E-state index is 0.113. The van der Waals surface area contributed by atoms with Crippen LogP contribution in [0.1, 0.15) is 114 Å². The van der Waals surface area contributed by atoms with E-state index >= 15 is 0 Å². The molecule has 10 heteroatoms. The Balaban J connectivity index is 1.29. The minimum atomic E-state index is -1.55. The van der Waals surface area contributed by atoms with Gasteiger partial charge in [-0.3, -0.25) is 4.79 Å². The average Bonchev–Trinajstić information content (AvgIpc) is 3.73. The van der Waals surface area contributed by atoms with Gasteiger partial charge in [0.25, 0.3) is 0 Å². The second-order valence-corrected chi connectivity index (χ2v) is 16.7. The molecule has 5 saturated heterocycles. The number of carboxylic acid groups (broad SMARTS) is 1. The van der Waals surface area contributed by atoms with Crippen molar-refractivity contribution in [2.75, 3.05) is 13.7 Å². The fraction of sp³-hybridized carbons (Fsp3) is 0.973. The molecule has 5 heterocycles. The van der Waals surface area contributed by atoms with Gasteiger partial charge in [0, 0.05) is 31.8 Å².